The molecule has 1 aromatic carbocycles. The van der Waals surface area contributed by atoms with Crippen LogP contribution in [0.4, 0.5) is 11.4 Å². The summed E-state index contributed by atoms with van der Waals surface area (Å²) in [6, 6.07) is 5.78. The molecular formula is C13H12ClN3O4. The van der Waals surface area contributed by atoms with Crippen LogP contribution in [0.2, 0.25) is 5.02 Å². The third-order valence-corrected chi connectivity index (χ3v) is 3.12. The van der Waals surface area contributed by atoms with Crippen LogP contribution in [0.15, 0.2) is 28.7 Å². The van der Waals surface area contributed by atoms with Crippen LogP contribution in [0, 0.1) is 17.0 Å². The molecule has 0 unspecified atom stereocenters. The summed E-state index contributed by atoms with van der Waals surface area (Å²) in [5.74, 6) is -0.0817. The number of carbonyl (C=O) groups is 1. The minimum atomic E-state index is -0.647. The molecule has 0 fully saturated rings. The number of rotatable bonds is 5. The third-order valence-electron chi connectivity index (χ3n) is 2.83. The lowest BCUT2D eigenvalue weighted by Crippen LogP contribution is -2.09. The first-order valence-corrected chi connectivity index (χ1v) is 6.33. The SMILES string of the molecule is Cc1cc([N+](=O)[O-])cc(Cl)c1NCc1ccc(C(N)=O)o1. The number of hydrogen-bond acceptors (Lipinski definition) is 5. The fourth-order valence-corrected chi connectivity index (χ4v) is 2.16. The van der Waals surface area contributed by atoms with E-state index in [1.54, 1.807) is 13.0 Å². The minimum Gasteiger partial charge on any atom is -0.454 e. The number of primary amides is 1. The molecule has 7 nitrogen and oxygen atoms in total. The van der Waals surface area contributed by atoms with Crippen LogP contribution in [0.3, 0.4) is 0 Å². The van der Waals surface area contributed by atoms with Crippen molar-refractivity contribution < 1.29 is 14.1 Å². The summed E-state index contributed by atoms with van der Waals surface area (Å²) in [4.78, 5) is 21.1. The lowest BCUT2D eigenvalue weighted by Gasteiger charge is -2.10. The van der Waals surface area contributed by atoms with Gasteiger partial charge in [0.15, 0.2) is 5.76 Å². The fraction of sp³-hybridized carbons (Fsp3) is 0.154. The van der Waals surface area contributed by atoms with Gasteiger partial charge in [-0.2, -0.15) is 0 Å². The van der Waals surface area contributed by atoms with Crippen molar-refractivity contribution in [3.8, 4) is 0 Å². The molecule has 21 heavy (non-hydrogen) atoms. The van der Waals surface area contributed by atoms with Gasteiger partial charge in [0.05, 0.1) is 22.2 Å². The molecule has 1 aromatic heterocycles. The molecule has 0 radical (unpaired) electrons. The normalized spacial score (nSPS) is 10.4. The van der Waals surface area contributed by atoms with Crippen LogP contribution in [0.25, 0.3) is 0 Å². The maximum Gasteiger partial charge on any atom is 0.284 e. The number of aryl methyl sites for hydroxylation is 1. The molecule has 8 heteroatoms. The first-order chi connectivity index (χ1) is 9.88. The molecule has 1 amide bonds. The Kier molecular flexibility index (Phi) is 4.13. The van der Waals surface area contributed by atoms with Crippen molar-refractivity contribution in [3.63, 3.8) is 0 Å². The molecule has 1 heterocycles. The molecule has 0 spiro atoms. The lowest BCUT2D eigenvalue weighted by atomic mass is 10.1. The van der Waals surface area contributed by atoms with E-state index < -0.39 is 10.8 Å². The number of halogens is 1. The molecule has 0 atom stereocenters. The van der Waals surface area contributed by atoms with Gasteiger partial charge in [0.25, 0.3) is 11.6 Å². The Labute approximate surface area is 124 Å². The van der Waals surface area contributed by atoms with E-state index in [1.165, 1.54) is 18.2 Å². The average molecular weight is 310 g/mol. The summed E-state index contributed by atoms with van der Waals surface area (Å²) >= 11 is 6.03. The summed E-state index contributed by atoms with van der Waals surface area (Å²) in [6.07, 6.45) is 0. The highest BCUT2D eigenvalue weighted by atomic mass is 35.5. The lowest BCUT2D eigenvalue weighted by molar-refractivity contribution is -0.384. The smallest absolute Gasteiger partial charge is 0.284 e. The Morgan fingerprint density at radius 3 is 2.71 bits per heavy atom. The zero-order chi connectivity index (χ0) is 15.6. The molecule has 110 valence electrons. The Morgan fingerprint density at radius 1 is 1.48 bits per heavy atom. The number of nitrogens with one attached hydrogen (secondary N) is 1. The van der Waals surface area contributed by atoms with Gasteiger partial charge in [-0.3, -0.25) is 14.9 Å². The molecule has 3 N–H and O–H groups in total. The zero-order valence-electron chi connectivity index (χ0n) is 11.1. The molecule has 2 aromatic rings. The van der Waals surface area contributed by atoms with E-state index in [0.717, 1.165) is 0 Å². The first-order valence-electron chi connectivity index (χ1n) is 5.95. The standard InChI is InChI=1S/C13H12ClN3O4/c1-7-4-8(17(19)20)5-10(14)12(7)16-6-9-2-3-11(21-9)13(15)18/h2-5,16H,6H2,1H3,(H2,15,18). The second kappa shape index (κ2) is 5.84. The summed E-state index contributed by atoms with van der Waals surface area (Å²) < 4.78 is 5.22. The van der Waals surface area contributed by atoms with Crippen LogP contribution in [0.5, 0.6) is 0 Å². The monoisotopic (exact) mass is 309 g/mol. The number of benzene rings is 1. The fourth-order valence-electron chi connectivity index (χ4n) is 1.84. The molecule has 2 rings (SSSR count). The van der Waals surface area contributed by atoms with Gasteiger partial charge < -0.3 is 15.5 Å². The Morgan fingerprint density at radius 2 is 2.19 bits per heavy atom. The molecule has 0 aliphatic carbocycles. The predicted octanol–water partition coefficient (Wildman–Crippen LogP) is 2.86. The topological polar surface area (TPSA) is 111 Å². The maximum absolute atomic E-state index is 10.9. The summed E-state index contributed by atoms with van der Waals surface area (Å²) in [5, 5.41) is 14.0. The zero-order valence-corrected chi connectivity index (χ0v) is 11.8. The second-order valence-electron chi connectivity index (χ2n) is 4.36. The third kappa shape index (κ3) is 3.32. The van der Waals surface area contributed by atoms with E-state index in [9.17, 15) is 14.9 Å². The van der Waals surface area contributed by atoms with Crippen molar-refractivity contribution in [2.24, 2.45) is 5.73 Å². The molecule has 0 saturated heterocycles. The van der Waals surface area contributed by atoms with E-state index in [4.69, 9.17) is 21.8 Å². The predicted molar refractivity (Wildman–Crippen MR) is 77.4 cm³/mol. The molecular weight excluding hydrogens is 298 g/mol. The molecule has 0 bridgehead atoms. The van der Waals surface area contributed by atoms with Gasteiger partial charge in [0.2, 0.25) is 0 Å². The second-order valence-corrected chi connectivity index (χ2v) is 4.77. The Balaban J connectivity index is 2.16. The summed E-state index contributed by atoms with van der Waals surface area (Å²) in [7, 11) is 0. The average Bonchev–Trinajstić information content (AvgIpc) is 2.86. The van der Waals surface area contributed by atoms with Crippen molar-refractivity contribution in [3.05, 3.63) is 56.5 Å². The minimum absolute atomic E-state index is 0.0679. The van der Waals surface area contributed by atoms with Crippen LogP contribution < -0.4 is 11.1 Å². The van der Waals surface area contributed by atoms with Crippen LogP contribution in [-0.2, 0) is 6.54 Å². The maximum atomic E-state index is 10.9. The van der Waals surface area contributed by atoms with Gasteiger partial charge >= 0.3 is 0 Å². The van der Waals surface area contributed by atoms with Crippen LogP contribution >= 0.6 is 11.6 Å². The van der Waals surface area contributed by atoms with Gasteiger partial charge in [-0.25, -0.2) is 0 Å². The van der Waals surface area contributed by atoms with E-state index >= 15 is 0 Å². The highest BCUT2D eigenvalue weighted by Gasteiger charge is 2.14. The van der Waals surface area contributed by atoms with Crippen molar-refractivity contribution in [2.45, 2.75) is 13.5 Å². The number of hydrogen-bond donors (Lipinski definition) is 2. The molecule has 0 aliphatic rings. The summed E-state index contributed by atoms with van der Waals surface area (Å²) in [5.41, 5.74) is 6.22. The number of amides is 1. The van der Waals surface area contributed by atoms with Crippen molar-refractivity contribution >= 4 is 28.9 Å². The van der Waals surface area contributed by atoms with Crippen molar-refractivity contribution in [1.29, 1.82) is 0 Å². The number of nitrogens with two attached hydrogens (primary N) is 1. The number of furan rings is 1. The van der Waals surface area contributed by atoms with Gasteiger partial charge in [-0.05, 0) is 24.6 Å². The highest BCUT2D eigenvalue weighted by molar-refractivity contribution is 6.33. The van der Waals surface area contributed by atoms with Gasteiger partial charge in [0, 0.05) is 12.1 Å². The summed E-state index contributed by atoms with van der Waals surface area (Å²) in [6.45, 7) is 1.98. The quantitative estimate of drug-likeness (QED) is 0.651. The number of nitro benzene ring substituents is 1. The molecule has 0 aliphatic heterocycles. The van der Waals surface area contributed by atoms with Gasteiger partial charge in [0.1, 0.15) is 5.76 Å². The van der Waals surface area contributed by atoms with Gasteiger partial charge in [-0.1, -0.05) is 11.6 Å². The van der Waals surface area contributed by atoms with Crippen LogP contribution in [0.1, 0.15) is 21.9 Å². The van der Waals surface area contributed by atoms with E-state index in [1.807, 2.05) is 0 Å². The Bertz CT molecular complexity index is 688. The number of carbonyl (C=O) groups excluding carboxylic acids is 1. The number of anilines is 1. The molecule has 0 saturated carbocycles. The van der Waals surface area contributed by atoms with Crippen molar-refractivity contribution in [1.82, 2.24) is 0 Å². The largest absolute Gasteiger partial charge is 0.454 e. The number of nitro groups is 1. The number of nitrogens with zero attached hydrogens (tertiary/aromatic N) is 1. The van der Waals surface area contributed by atoms with Crippen molar-refractivity contribution in [2.75, 3.05) is 5.32 Å². The van der Waals surface area contributed by atoms with Crippen LogP contribution in [-0.4, -0.2) is 10.8 Å². The number of non-ortho nitro benzene ring substituents is 1. The first kappa shape index (κ1) is 14.9. The highest BCUT2D eigenvalue weighted by Crippen LogP contribution is 2.31. The van der Waals surface area contributed by atoms with E-state index in [-0.39, 0.29) is 23.0 Å². The Hall–Kier alpha value is -2.54. The van der Waals surface area contributed by atoms with Gasteiger partial charge in [-0.15, -0.1) is 0 Å². The van der Waals surface area contributed by atoms with E-state index in [0.29, 0.717) is 17.0 Å². The van der Waals surface area contributed by atoms with E-state index in [2.05, 4.69) is 5.32 Å².